The van der Waals surface area contributed by atoms with E-state index in [1.54, 1.807) is 0 Å². The smallest absolute Gasteiger partial charge is 0.216 e. The second kappa shape index (κ2) is 6.65. The van der Waals surface area contributed by atoms with Crippen LogP contribution in [0.5, 0.6) is 0 Å². The van der Waals surface area contributed by atoms with Gasteiger partial charge in [-0.05, 0) is 46.5 Å². The van der Waals surface area contributed by atoms with Crippen molar-refractivity contribution in [1.82, 2.24) is 0 Å². The first-order valence-corrected chi connectivity index (χ1v) is 15.6. The number of rotatable bonds is 7. The average Bonchev–Trinajstić information content (AvgIpc) is 2.15. The second-order valence-electron chi connectivity index (χ2n) is 6.33. The molecule has 0 N–H and O–H groups in total. The second-order valence-corrected chi connectivity index (χ2v) is 16.4. The van der Waals surface area contributed by atoms with Crippen LogP contribution in [0.1, 0.15) is 27.2 Å². The molecule has 0 aliphatic rings. The molecule has 0 aliphatic heterocycles. The van der Waals surface area contributed by atoms with Crippen molar-refractivity contribution < 1.29 is 8.85 Å². The van der Waals surface area contributed by atoms with E-state index in [1.807, 2.05) is 0 Å². The van der Waals surface area contributed by atoms with Crippen molar-refractivity contribution >= 4 is 26.2 Å². The van der Waals surface area contributed by atoms with Gasteiger partial charge in [-0.25, -0.2) is 0 Å². The van der Waals surface area contributed by atoms with Crippen LogP contribution in [0.15, 0.2) is 0 Å². The summed E-state index contributed by atoms with van der Waals surface area (Å²) in [5.74, 6) is 0. The Balaban J connectivity index is 4.84. The predicted molar refractivity (Wildman–Crippen MR) is 85.6 cm³/mol. The van der Waals surface area contributed by atoms with Crippen LogP contribution in [0.4, 0.5) is 0 Å². The van der Waals surface area contributed by atoms with Crippen LogP contribution >= 0.6 is 0 Å². The molecule has 2 atom stereocenters. The summed E-state index contributed by atoms with van der Waals surface area (Å²) in [5.41, 5.74) is 0.458. The molecular weight excluding hydrogens is 260 g/mol. The maximum Gasteiger partial charge on any atom is 0.216 e. The van der Waals surface area contributed by atoms with Crippen molar-refractivity contribution in [3.63, 3.8) is 0 Å². The fourth-order valence-corrected chi connectivity index (χ4v) is 9.09. The summed E-state index contributed by atoms with van der Waals surface area (Å²) < 4.78 is 12.8. The summed E-state index contributed by atoms with van der Waals surface area (Å²) in [7, 11) is -3.53. The maximum atomic E-state index is 6.45. The van der Waals surface area contributed by atoms with Gasteiger partial charge in [0.15, 0.2) is 9.04 Å². The van der Waals surface area contributed by atoms with Gasteiger partial charge in [0, 0.05) is 5.73 Å². The highest BCUT2D eigenvalue weighted by Gasteiger charge is 2.46. The predicted octanol–water partition coefficient (Wildman–Crippen LogP) is 3.33. The molecule has 104 valence electrons. The van der Waals surface area contributed by atoms with Gasteiger partial charge in [0.2, 0.25) is 8.32 Å². The van der Waals surface area contributed by atoms with E-state index in [-0.39, 0.29) is 5.22 Å². The van der Waals surface area contributed by atoms with Crippen molar-refractivity contribution in [3.8, 4) is 0 Å². The van der Waals surface area contributed by atoms with Gasteiger partial charge < -0.3 is 8.85 Å². The first kappa shape index (κ1) is 17.6. The van der Waals surface area contributed by atoms with Crippen LogP contribution < -0.4 is 0 Å². The molecule has 0 aromatic rings. The topological polar surface area (TPSA) is 18.5 Å². The molecule has 0 aromatic heterocycles. The lowest BCUT2D eigenvalue weighted by Crippen LogP contribution is -2.59. The average molecular weight is 293 g/mol. The van der Waals surface area contributed by atoms with Crippen LogP contribution in [0.3, 0.4) is 0 Å². The Kier molecular flexibility index (Phi) is 6.88. The summed E-state index contributed by atoms with van der Waals surface area (Å²) in [6, 6.07) is 0. The van der Waals surface area contributed by atoms with Crippen molar-refractivity contribution in [2.45, 2.75) is 77.4 Å². The Morgan fingerprint density at radius 3 is 1.94 bits per heavy atom. The molecule has 0 heterocycles. The van der Waals surface area contributed by atoms with E-state index in [2.05, 4.69) is 60.1 Å². The van der Waals surface area contributed by atoms with Crippen LogP contribution in [0.2, 0.25) is 39.3 Å². The van der Waals surface area contributed by atoms with Gasteiger partial charge in [-0.3, -0.25) is 0 Å². The molecule has 1 unspecified atom stereocenters. The van der Waals surface area contributed by atoms with Crippen molar-refractivity contribution in [1.29, 1.82) is 0 Å². The van der Waals surface area contributed by atoms with Gasteiger partial charge >= 0.3 is 0 Å². The number of hydrogen-bond acceptors (Lipinski definition) is 2. The monoisotopic (exact) mass is 292 g/mol. The lowest BCUT2D eigenvalue weighted by Gasteiger charge is -2.44. The first-order valence-electron chi connectivity index (χ1n) is 6.91. The zero-order valence-electron chi connectivity index (χ0n) is 13.3. The summed E-state index contributed by atoms with van der Waals surface area (Å²) in [6.07, 6.45) is 1.06. The first-order chi connectivity index (χ1) is 7.55. The molecule has 17 heavy (non-hydrogen) atoms. The Hall–Kier alpha value is 0.571. The fourth-order valence-electron chi connectivity index (χ4n) is 1.90. The molecular formula is C12H32O2Si3. The summed E-state index contributed by atoms with van der Waals surface area (Å²) in [6.45, 7) is 20.6. The molecule has 0 saturated heterocycles. The normalized spacial score (nSPS) is 18.5. The molecule has 0 saturated carbocycles. The van der Waals surface area contributed by atoms with E-state index in [0.29, 0.717) is 5.73 Å². The van der Waals surface area contributed by atoms with E-state index in [9.17, 15) is 0 Å². The van der Waals surface area contributed by atoms with Crippen molar-refractivity contribution in [2.75, 3.05) is 0 Å². The minimum atomic E-state index is -1.80. The van der Waals surface area contributed by atoms with Gasteiger partial charge in [0.05, 0.1) is 14.0 Å². The van der Waals surface area contributed by atoms with Gasteiger partial charge in [-0.2, -0.15) is 0 Å². The quantitative estimate of drug-likeness (QED) is 0.670. The largest absolute Gasteiger partial charge is 0.415 e. The minimum absolute atomic E-state index is 0.0229. The van der Waals surface area contributed by atoms with E-state index in [1.165, 1.54) is 0 Å². The van der Waals surface area contributed by atoms with Crippen LogP contribution in [0, 0.1) is 0 Å². The van der Waals surface area contributed by atoms with Crippen LogP contribution in [0.25, 0.3) is 0 Å². The molecule has 0 radical (unpaired) electrons. The van der Waals surface area contributed by atoms with E-state index in [0.717, 1.165) is 6.42 Å². The van der Waals surface area contributed by atoms with E-state index >= 15 is 0 Å². The molecule has 0 bridgehead atoms. The molecule has 2 nitrogen and oxygen atoms in total. The fraction of sp³-hybridized carbons (Fsp3) is 1.00. The zero-order chi connectivity index (χ0) is 13.9. The van der Waals surface area contributed by atoms with Crippen molar-refractivity contribution in [3.05, 3.63) is 0 Å². The lowest BCUT2D eigenvalue weighted by molar-refractivity contribution is 0.119. The van der Waals surface area contributed by atoms with E-state index in [4.69, 9.17) is 8.85 Å². The molecule has 0 aliphatic carbocycles. The van der Waals surface area contributed by atoms with Crippen molar-refractivity contribution in [2.24, 2.45) is 0 Å². The third-order valence-corrected chi connectivity index (χ3v) is 11.4. The lowest BCUT2D eigenvalue weighted by atomic mass is 10.3. The zero-order valence-corrected chi connectivity index (χ0v) is 16.6. The molecule has 0 amide bonds. The highest BCUT2D eigenvalue weighted by atomic mass is 28.4. The Morgan fingerprint density at radius 1 is 1.18 bits per heavy atom. The summed E-state index contributed by atoms with van der Waals surface area (Å²) in [4.78, 5) is 0. The molecule has 5 heteroatoms. The number of hydrogen-bond donors (Lipinski definition) is 0. The highest BCUT2D eigenvalue weighted by molar-refractivity contribution is 6.75. The van der Waals surface area contributed by atoms with Crippen LogP contribution in [-0.2, 0) is 8.85 Å². The Labute approximate surface area is 113 Å². The van der Waals surface area contributed by atoms with E-state index < -0.39 is 26.2 Å². The van der Waals surface area contributed by atoms with Crippen LogP contribution in [-0.4, -0.2) is 37.1 Å². The van der Waals surface area contributed by atoms with Gasteiger partial charge in [-0.1, -0.05) is 20.0 Å². The Morgan fingerprint density at radius 2 is 1.65 bits per heavy atom. The summed E-state index contributed by atoms with van der Waals surface area (Å²) in [5, 5.41) is -0.0229. The third-order valence-electron chi connectivity index (χ3n) is 3.86. The Bertz CT molecular complexity index is 232. The molecule has 0 fully saturated rings. The molecule has 0 aromatic carbocycles. The highest BCUT2D eigenvalue weighted by Crippen LogP contribution is 2.31. The minimum Gasteiger partial charge on any atom is -0.415 e. The van der Waals surface area contributed by atoms with Gasteiger partial charge in [-0.15, -0.1) is 0 Å². The maximum absolute atomic E-state index is 6.45. The molecule has 0 rings (SSSR count). The SMILES string of the molecule is CC[C@](C)(O[SiH](C)C)[Si](C)(C)OC(C)[SiH](C)C. The van der Waals surface area contributed by atoms with Gasteiger partial charge in [0.1, 0.15) is 0 Å². The van der Waals surface area contributed by atoms with Gasteiger partial charge in [0.25, 0.3) is 0 Å². The summed E-state index contributed by atoms with van der Waals surface area (Å²) >= 11 is 0. The third kappa shape index (κ3) is 4.98. The standard InChI is InChI=1S/C12H32O2Si3/c1-10-12(3,14-16(6)7)17(8,9)13-11(2)15(4)5/h11,15-16H,10H2,1-9H3/t11?,12-/m1/s1. The molecule has 0 spiro atoms.